The number of carbonyl (C=O) groups is 2. The number of carbonyl (C=O) groups excluding carboxylic acids is 2. The Bertz CT molecular complexity index is 698. The fourth-order valence-corrected chi connectivity index (χ4v) is 2.22. The second-order valence-electron chi connectivity index (χ2n) is 5.20. The highest BCUT2D eigenvalue weighted by atomic mass is 19.1. The molecule has 0 radical (unpaired) electrons. The number of likely N-dealkylation sites (N-methyl/N-ethyl adjacent to an activating group) is 1. The van der Waals surface area contributed by atoms with E-state index in [0.717, 1.165) is 11.1 Å². The van der Waals surface area contributed by atoms with Gasteiger partial charge in [-0.2, -0.15) is 0 Å². The molecule has 1 N–H and O–H groups in total. The molecule has 0 saturated heterocycles. The number of hydrogen-bond acceptors (Lipinski definition) is 2. The lowest BCUT2D eigenvalue weighted by Gasteiger charge is -2.20. The fraction of sp³-hybridized carbons (Fsp3) is 0.222. The lowest BCUT2D eigenvalue weighted by molar-refractivity contribution is -0.137. The summed E-state index contributed by atoms with van der Waals surface area (Å²) in [6.07, 6.45) is 0. The number of rotatable bonds is 4. The van der Waals surface area contributed by atoms with Crippen LogP contribution < -0.4 is 10.2 Å². The van der Waals surface area contributed by atoms with Crippen molar-refractivity contribution >= 4 is 17.5 Å². The first-order valence-electron chi connectivity index (χ1n) is 7.42. The maximum Gasteiger partial charge on any atom is 0.316 e. The number of benzene rings is 2. The van der Waals surface area contributed by atoms with Gasteiger partial charge in [0.1, 0.15) is 5.82 Å². The summed E-state index contributed by atoms with van der Waals surface area (Å²) in [7, 11) is 0. The summed E-state index contributed by atoms with van der Waals surface area (Å²) >= 11 is 0. The number of nitrogens with zero attached hydrogens (tertiary/aromatic N) is 1. The van der Waals surface area contributed by atoms with Gasteiger partial charge >= 0.3 is 11.8 Å². The molecular formula is C18H19FN2O2. The molecule has 0 atom stereocenters. The van der Waals surface area contributed by atoms with Crippen molar-refractivity contribution in [1.29, 1.82) is 0 Å². The SMILES string of the molecule is CCN(C(=O)C(=O)NCc1ccc(F)cc1)c1cccc(C)c1. The molecule has 4 nitrogen and oxygen atoms in total. The largest absolute Gasteiger partial charge is 0.344 e. The molecule has 0 aromatic heterocycles. The van der Waals surface area contributed by atoms with Gasteiger partial charge in [-0.25, -0.2) is 4.39 Å². The summed E-state index contributed by atoms with van der Waals surface area (Å²) in [4.78, 5) is 25.8. The standard InChI is InChI=1S/C18H19FN2O2/c1-3-21(16-6-4-5-13(2)11-16)18(23)17(22)20-12-14-7-9-15(19)10-8-14/h4-11H,3,12H2,1-2H3,(H,20,22). The minimum absolute atomic E-state index is 0.177. The van der Waals surface area contributed by atoms with E-state index in [1.54, 1.807) is 18.2 Å². The summed E-state index contributed by atoms with van der Waals surface area (Å²) in [5.41, 5.74) is 2.43. The fourth-order valence-electron chi connectivity index (χ4n) is 2.22. The second-order valence-corrected chi connectivity index (χ2v) is 5.20. The molecule has 0 aliphatic heterocycles. The molecule has 2 aromatic carbocycles. The molecule has 0 fully saturated rings. The number of aryl methyl sites for hydroxylation is 1. The maximum absolute atomic E-state index is 12.8. The smallest absolute Gasteiger partial charge is 0.316 e. The van der Waals surface area contributed by atoms with Gasteiger partial charge in [0.25, 0.3) is 0 Å². The highest BCUT2D eigenvalue weighted by Gasteiger charge is 2.21. The minimum atomic E-state index is -0.683. The molecule has 5 heteroatoms. The van der Waals surface area contributed by atoms with Crippen molar-refractivity contribution in [3.8, 4) is 0 Å². The Kier molecular flexibility index (Phi) is 5.46. The predicted molar refractivity (Wildman–Crippen MR) is 87.5 cm³/mol. The molecule has 2 amide bonds. The van der Waals surface area contributed by atoms with Crippen LogP contribution in [0, 0.1) is 12.7 Å². The molecule has 0 heterocycles. The molecule has 0 spiro atoms. The average Bonchev–Trinajstić information content (AvgIpc) is 2.54. The zero-order chi connectivity index (χ0) is 16.8. The average molecular weight is 314 g/mol. The van der Waals surface area contributed by atoms with Crippen LogP contribution in [0.15, 0.2) is 48.5 Å². The molecule has 2 aromatic rings. The Morgan fingerprint density at radius 1 is 1.13 bits per heavy atom. The van der Waals surface area contributed by atoms with Gasteiger partial charge < -0.3 is 10.2 Å². The van der Waals surface area contributed by atoms with Gasteiger partial charge in [-0.05, 0) is 49.2 Å². The normalized spacial score (nSPS) is 10.2. The van der Waals surface area contributed by atoms with Crippen molar-refractivity contribution in [2.75, 3.05) is 11.4 Å². The van der Waals surface area contributed by atoms with Gasteiger partial charge in [0.05, 0.1) is 0 Å². The molecule has 2 rings (SSSR count). The first kappa shape index (κ1) is 16.7. The third-order valence-corrected chi connectivity index (χ3v) is 3.44. The quantitative estimate of drug-likeness (QED) is 0.882. The van der Waals surface area contributed by atoms with Gasteiger partial charge in [-0.3, -0.25) is 9.59 Å². The van der Waals surface area contributed by atoms with Gasteiger partial charge in [-0.15, -0.1) is 0 Å². The molecule has 0 unspecified atom stereocenters. The van der Waals surface area contributed by atoms with Gasteiger partial charge in [0, 0.05) is 18.8 Å². The van der Waals surface area contributed by atoms with Crippen LogP contribution in [0.1, 0.15) is 18.1 Å². The van der Waals surface area contributed by atoms with E-state index < -0.39 is 11.8 Å². The molecule has 0 saturated carbocycles. The number of amides is 2. The Hall–Kier alpha value is -2.69. The van der Waals surface area contributed by atoms with Crippen LogP contribution in [-0.4, -0.2) is 18.4 Å². The van der Waals surface area contributed by atoms with E-state index in [1.807, 2.05) is 32.0 Å². The summed E-state index contributed by atoms with van der Waals surface area (Å²) in [6.45, 7) is 4.31. The zero-order valence-corrected chi connectivity index (χ0v) is 13.2. The first-order chi connectivity index (χ1) is 11.0. The van der Waals surface area contributed by atoms with Crippen molar-refractivity contribution < 1.29 is 14.0 Å². The lowest BCUT2D eigenvalue weighted by atomic mass is 10.2. The summed E-state index contributed by atoms with van der Waals surface area (Å²) in [6, 6.07) is 13.2. The maximum atomic E-state index is 12.8. The van der Waals surface area contributed by atoms with Crippen LogP contribution in [0.3, 0.4) is 0 Å². The van der Waals surface area contributed by atoms with Crippen LogP contribution in [-0.2, 0) is 16.1 Å². The van der Waals surface area contributed by atoms with E-state index in [0.29, 0.717) is 12.2 Å². The van der Waals surface area contributed by atoms with E-state index in [1.165, 1.54) is 17.0 Å². The van der Waals surface area contributed by atoms with Gasteiger partial charge in [0.2, 0.25) is 0 Å². The topological polar surface area (TPSA) is 49.4 Å². The van der Waals surface area contributed by atoms with Crippen LogP contribution in [0.2, 0.25) is 0 Å². The lowest BCUT2D eigenvalue weighted by Crippen LogP contribution is -2.42. The Morgan fingerprint density at radius 3 is 2.43 bits per heavy atom. The van der Waals surface area contributed by atoms with E-state index in [4.69, 9.17) is 0 Å². The van der Waals surface area contributed by atoms with Crippen molar-refractivity contribution in [3.05, 3.63) is 65.5 Å². The molecule has 23 heavy (non-hydrogen) atoms. The summed E-state index contributed by atoms with van der Waals surface area (Å²) in [5, 5.41) is 2.56. The van der Waals surface area contributed by atoms with E-state index in [2.05, 4.69) is 5.32 Å². The van der Waals surface area contributed by atoms with Crippen molar-refractivity contribution in [2.24, 2.45) is 0 Å². The van der Waals surface area contributed by atoms with Gasteiger partial charge in [-0.1, -0.05) is 24.3 Å². The summed E-state index contributed by atoms with van der Waals surface area (Å²) in [5.74, 6) is -1.63. The molecule has 0 aliphatic carbocycles. The predicted octanol–water partition coefficient (Wildman–Crippen LogP) is 2.80. The first-order valence-corrected chi connectivity index (χ1v) is 7.42. The molecular weight excluding hydrogens is 295 g/mol. The number of nitrogens with one attached hydrogen (secondary N) is 1. The molecule has 0 bridgehead atoms. The Morgan fingerprint density at radius 2 is 1.83 bits per heavy atom. The Labute approximate surface area is 134 Å². The van der Waals surface area contributed by atoms with Crippen molar-refractivity contribution in [2.45, 2.75) is 20.4 Å². The van der Waals surface area contributed by atoms with E-state index in [-0.39, 0.29) is 12.4 Å². The second kappa shape index (κ2) is 7.54. The summed E-state index contributed by atoms with van der Waals surface area (Å²) < 4.78 is 12.8. The van der Waals surface area contributed by atoms with Crippen LogP contribution in [0.4, 0.5) is 10.1 Å². The highest BCUT2D eigenvalue weighted by molar-refractivity contribution is 6.40. The van der Waals surface area contributed by atoms with Gasteiger partial charge in [0.15, 0.2) is 0 Å². The monoisotopic (exact) mass is 314 g/mol. The Balaban J connectivity index is 2.02. The minimum Gasteiger partial charge on any atom is -0.344 e. The molecule has 120 valence electrons. The third-order valence-electron chi connectivity index (χ3n) is 3.44. The van der Waals surface area contributed by atoms with E-state index >= 15 is 0 Å². The van der Waals surface area contributed by atoms with Crippen molar-refractivity contribution in [1.82, 2.24) is 5.32 Å². The van der Waals surface area contributed by atoms with Crippen LogP contribution >= 0.6 is 0 Å². The van der Waals surface area contributed by atoms with Crippen molar-refractivity contribution in [3.63, 3.8) is 0 Å². The number of hydrogen-bond donors (Lipinski definition) is 1. The molecule has 0 aliphatic rings. The van der Waals surface area contributed by atoms with E-state index in [9.17, 15) is 14.0 Å². The highest BCUT2D eigenvalue weighted by Crippen LogP contribution is 2.16. The third kappa shape index (κ3) is 4.39. The van der Waals surface area contributed by atoms with Crippen LogP contribution in [0.5, 0.6) is 0 Å². The van der Waals surface area contributed by atoms with Crippen LogP contribution in [0.25, 0.3) is 0 Å². The number of halogens is 1. The number of anilines is 1. The zero-order valence-electron chi connectivity index (χ0n) is 13.2.